The zero-order valence-electron chi connectivity index (χ0n) is 36.4. The van der Waals surface area contributed by atoms with E-state index in [0.717, 1.165) is 23.1 Å². The average molecular weight is 876 g/mol. The molecule has 8 N–H and O–H groups in total. The van der Waals surface area contributed by atoms with E-state index in [4.69, 9.17) is 18.9 Å². The second-order valence-corrected chi connectivity index (χ2v) is 18.4. The first kappa shape index (κ1) is 46.9. The molecule has 1 saturated carbocycles. The highest BCUT2D eigenvalue weighted by molar-refractivity contribution is 5.94. The number of allylic oxidation sites excluding steroid dienone is 2. The molecule has 0 radical (unpaired) electrons. The molecule has 8 rings (SSSR count). The summed E-state index contributed by atoms with van der Waals surface area (Å²) in [7, 11) is 1.41. The summed E-state index contributed by atoms with van der Waals surface area (Å²) < 4.78 is 23.8. The topological polar surface area (TPSA) is 225 Å². The van der Waals surface area contributed by atoms with Crippen LogP contribution in [0.1, 0.15) is 80.5 Å². The molecule has 14 atom stereocenters. The Balaban J connectivity index is 1.21. The van der Waals surface area contributed by atoms with Gasteiger partial charge in [0.05, 0.1) is 19.3 Å². The second-order valence-electron chi connectivity index (χ2n) is 18.4. The fourth-order valence-corrected chi connectivity index (χ4v) is 11.0. The number of aliphatic hydroxyl groups is 6. The molecule has 4 aliphatic carbocycles. The van der Waals surface area contributed by atoms with Gasteiger partial charge in [-0.3, -0.25) is 4.79 Å². The molecule has 2 heterocycles. The summed E-state index contributed by atoms with van der Waals surface area (Å²) in [5.74, 6) is -3.14. The number of fused-ring (bicyclic) bond motifs is 5. The maximum atomic E-state index is 14.9. The number of phenols is 1. The predicted molar refractivity (Wildman–Crippen MR) is 232 cm³/mol. The number of hydrogen-bond donors (Lipinski definition) is 8. The van der Waals surface area contributed by atoms with Crippen molar-refractivity contribution in [2.75, 3.05) is 33.5 Å². The lowest BCUT2D eigenvalue weighted by Gasteiger charge is -2.51. The largest absolute Gasteiger partial charge is 0.504 e. The smallest absolute Gasteiger partial charge is 0.334 e. The zero-order chi connectivity index (χ0) is 45.0. The van der Waals surface area contributed by atoms with Crippen LogP contribution in [0.5, 0.6) is 11.5 Å². The number of aryl methyl sites for hydroxylation is 1. The minimum absolute atomic E-state index is 0.0144. The van der Waals surface area contributed by atoms with Crippen molar-refractivity contribution in [3.05, 3.63) is 88.5 Å². The second kappa shape index (κ2) is 20.4. The van der Waals surface area contributed by atoms with Gasteiger partial charge in [0.15, 0.2) is 23.7 Å². The summed E-state index contributed by atoms with van der Waals surface area (Å²) >= 11 is 0. The zero-order valence-corrected chi connectivity index (χ0v) is 36.4. The molecule has 2 aromatic rings. The monoisotopic (exact) mass is 875 g/mol. The molecule has 4 bridgehead atoms. The van der Waals surface area contributed by atoms with Crippen LogP contribution < -0.4 is 10.1 Å². The SMILES string of the molecule is COc1cc(/C=C(\C[C@H]2c3cc(CCO)ccc3CC[C@@H]2CO)C(=O)O[C@@H]2[C@H](OC(=O)CC[C@@H]3[C@@H]4C=C[C@@H](C[C@@H]4C)[C@@H]3CCO)[C@@H](O)[C@H]3O[C@]2(O)C=C[C@H]3NC[C@H](C)O)ccc1O. The third-order valence-electron chi connectivity index (χ3n) is 14.2. The molecule has 0 amide bonds. The Hall–Kier alpha value is -4.12. The van der Waals surface area contributed by atoms with Crippen LogP contribution in [0.25, 0.3) is 6.08 Å². The number of phenolic OH excluding ortho intramolecular Hbond substituents is 1. The van der Waals surface area contributed by atoms with Crippen molar-refractivity contribution in [2.45, 2.75) is 113 Å². The van der Waals surface area contributed by atoms with Crippen molar-refractivity contribution < 1.29 is 64.3 Å². The van der Waals surface area contributed by atoms with Crippen LogP contribution in [0.3, 0.4) is 0 Å². The van der Waals surface area contributed by atoms with Gasteiger partial charge in [-0.25, -0.2) is 4.79 Å². The molecular formula is C49H65NO13. The number of ether oxygens (including phenoxy) is 4. The van der Waals surface area contributed by atoms with Gasteiger partial charge in [-0.05, 0) is 140 Å². The Labute approximate surface area is 369 Å². The predicted octanol–water partition coefficient (Wildman–Crippen LogP) is 3.47. The van der Waals surface area contributed by atoms with E-state index in [0.29, 0.717) is 49.5 Å². The minimum Gasteiger partial charge on any atom is -0.504 e. The third-order valence-corrected chi connectivity index (χ3v) is 14.2. The summed E-state index contributed by atoms with van der Waals surface area (Å²) in [6.45, 7) is 3.78. The number of carbonyl (C=O) groups excluding carboxylic acids is 2. The number of carbonyl (C=O) groups is 2. The van der Waals surface area contributed by atoms with Crippen molar-refractivity contribution in [1.29, 1.82) is 0 Å². The Morgan fingerprint density at radius 2 is 1.84 bits per heavy atom. The van der Waals surface area contributed by atoms with E-state index < -0.39 is 54.3 Å². The maximum Gasteiger partial charge on any atom is 0.334 e. The molecule has 1 saturated heterocycles. The highest BCUT2D eigenvalue weighted by Crippen LogP contribution is 2.51. The van der Waals surface area contributed by atoms with Crippen LogP contribution in [0.2, 0.25) is 0 Å². The third kappa shape index (κ3) is 10.2. The van der Waals surface area contributed by atoms with Gasteiger partial charge in [0.1, 0.15) is 12.2 Å². The normalized spacial score (nSPS) is 33.7. The Morgan fingerprint density at radius 1 is 1.03 bits per heavy atom. The van der Waals surface area contributed by atoms with E-state index in [1.807, 2.05) is 18.2 Å². The lowest BCUT2D eigenvalue weighted by atomic mass is 9.56. The highest BCUT2D eigenvalue weighted by Gasteiger charge is 2.60. The standard InChI is InChI=1S/C49H65NO13/c1-27-20-32-9-10-35(27)37(36(32)16-19-52)11-13-43(56)61-46-44(57)45-40(50-25-28(2)54)14-17-49(59,63-45)47(46)62-48(58)34(21-30-5-12-41(55)42(23-30)60-3)24-39-33(26-53)8-7-31-6-4-29(15-18-51)22-38(31)39/h4-6,9-10,12,14,17,21-23,27-28,32-33,35-37,39-40,44-47,50-55,57,59H,7-8,11,13,15-16,18-20,24-26H2,1-3H3/b34-21+/t27-,28-,32-,33+,35+,36-,37+,39+,40+,44-,45-,46+,47+,49+/m0/s1. The Kier molecular flexibility index (Phi) is 15.2. The van der Waals surface area contributed by atoms with Crippen molar-refractivity contribution in [2.24, 2.45) is 35.5 Å². The number of hydrogen-bond acceptors (Lipinski definition) is 14. The lowest BCUT2D eigenvalue weighted by molar-refractivity contribution is -0.333. The molecule has 6 aliphatic rings. The molecule has 0 unspecified atom stereocenters. The van der Waals surface area contributed by atoms with Crippen LogP contribution in [-0.2, 0) is 36.6 Å². The molecule has 2 aliphatic heterocycles. The molecule has 63 heavy (non-hydrogen) atoms. The quantitative estimate of drug-likeness (QED) is 0.0611. The summed E-state index contributed by atoms with van der Waals surface area (Å²) in [5, 5.41) is 78.0. The highest BCUT2D eigenvalue weighted by atomic mass is 16.7. The van der Waals surface area contributed by atoms with Gasteiger partial charge in [0, 0.05) is 38.4 Å². The molecule has 14 nitrogen and oxygen atoms in total. The number of nitrogens with one attached hydrogen (secondary N) is 1. The molecule has 344 valence electrons. The van der Waals surface area contributed by atoms with Gasteiger partial charge in [0.25, 0.3) is 0 Å². The first-order chi connectivity index (χ1) is 30.3. The first-order valence-corrected chi connectivity index (χ1v) is 22.6. The van der Waals surface area contributed by atoms with E-state index in [9.17, 15) is 45.3 Å². The maximum absolute atomic E-state index is 14.9. The van der Waals surface area contributed by atoms with Crippen LogP contribution in [0, 0.1) is 35.5 Å². The van der Waals surface area contributed by atoms with Crippen molar-refractivity contribution >= 4 is 18.0 Å². The van der Waals surface area contributed by atoms with E-state index in [1.165, 1.54) is 19.3 Å². The molecule has 0 aromatic heterocycles. The van der Waals surface area contributed by atoms with Crippen LogP contribution in [-0.4, -0.2) is 124 Å². The summed E-state index contributed by atoms with van der Waals surface area (Å²) in [5.41, 5.74) is 3.50. The molecule has 2 aromatic carbocycles. The van der Waals surface area contributed by atoms with Gasteiger partial charge in [-0.2, -0.15) is 0 Å². The first-order valence-electron chi connectivity index (χ1n) is 22.6. The Morgan fingerprint density at radius 3 is 2.56 bits per heavy atom. The van der Waals surface area contributed by atoms with Crippen molar-refractivity contribution in [3.8, 4) is 11.5 Å². The molecule has 0 spiro atoms. The van der Waals surface area contributed by atoms with Crippen LogP contribution in [0.4, 0.5) is 0 Å². The lowest BCUT2D eigenvalue weighted by Crippen LogP contribution is -2.71. The molecular weight excluding hydrogens is 811 g/mol. The number of benzene rings is 2. The number of aromatic hydroxyl groups is 1. The van der Waals surface area contributed by atoms with Crippen molar-refractivity contribution in [3.63, 3.8) is 0 Å². The summed E-state index contributed by atoms with van der Waals surface area (Å²) in [6.07, 6.45) is 6.06. The van der Waals surface area contributed by atoms with Crippen LogP contribution in [0.15, 0.2) is 66.3 Å². The fraction of sp³-hybridized carbons (Fsp3) is 0.592. The van der Waals surface area contributed by atoms with Gasteiger partial charge < -0.3 is 60.0 Å². The average Bonchev–Trinajstić information content (AvgIpc) is 3.26. The summed E-state index contributed by atoms with van der Waals surface area (Å²) in [4.78, 5) is 28.8. The number of aliphatic hydroxyl groups excluding tert-OH is 5. The summed E-state index contributed by atoms with van der Waals surface area (Å²) in [6, 6.07) is 9.86. The van der Waals surface area contributed by atoms with Crippen LogP contribution >= 0.6 is 0 Å². The van der Waals surface area contributed by atoms with Crippen molar-refractivity contribution in [1.82, 2.24) is 5.32 Å². The van der Waals surface area contributed by atoms with E-state index in [-0.39, 0.29) is 85.9 Å². The number of esters is 2. The number of rotatable bonds is 18. The minimum atomic E-state index is -2.35. The van der Waals surface area contributed by atoms with E-state index in [2.05, 4.69) is 24.4 Å². The fourth-order valence-electron chi connectivity index (χ4n) is 11.0. The Bertz CT molecular complexity index is 2020. The van der Waals surface area contributed by atoms with E-state index in [1.54, 1.807) is 31.2 Å². The molecule has 2 fully saturated rings. The van der Waals surface area contributed by atoms with Gasteiger partial charge in [0.2, 0.25) is 5.79 Å². The van der Waals surface area contributed by atoms with Gasteiger partial charge >= 0.3 is 11.9 Å². The molecule has 14 heteroatoms. The number of methoxy groups -OCH3 is 1. The van der Waals surface area contributed by atoms with Gasteiger partial charge in [-0.1, -0.05) is 49.4 Å². The van der Waals surface area contributed by atoms with E-state index >= 15 is 0 Å². The van der Waals surface area contributed by atoms with Gasteiger partial charge in [-0.15, -0.1) is 0 Å².